The van der Waals surface area contributed by atoms with Gasteiger partial charge in [-0.25, -0.2) is 0 Å². The lowest BCUT2D eigenvalue weighted by atomic mass is 9.87. The van der Waals surface area contributed by atoms with Gasteiger partial charge in [-0.05, 0) is 81.2 Å². The average molecular weight is 310 g/mol. The summed E-state index contributed by atoms with van der Waals surface area (Å²) in [6.07, 6.45) is 14.9. The number of nitrogen functional groups attached to an aromatic ring is 1. The average Bonchev–Trinajstić information content (AvgIpc) is 3.21. The number of likely N-dealkylation sites (tertiary alicyclic amines) is 1. The number of anilines is 1. The molecule has 1 heterocycles. The predicted octanol–water partition coefficient (Wildman–Crippen LogP) is 4.07. The van der Waals surface area contributed by atoms with E-state index in [0.717, 1.165) is 5.69 Å². The van der Waals surface area contributed by atoms with Crippen LogP contribution in [0.3, 0.4) is 0 Å². The molecule has 2 N–H and O–H groups in total. The van der Waals surface area contributed by atoms with Gasteiger partial charge >= 0.3 is 0 Å². The van der Waals surface area contributed by atoms with Crippen LogP contribution >= 0.6 is 0 Å². The molecule has 4 rings (SSSR count). The molecule has 1 atom stereocenters. The SMILES string of the molecule is C=C/C=C/C1(C)CCN1C.Nc1c2c(cc3c1CCC3)CCC2. The highest BCUT2D eigenvalue weighted by atomic mass is 15.2. The van der Waals surface area contributed by atoms with E-state index >= 15 is 0 Å². The molecule has 1 aromatic rings. The van der Waals surface area contributed by atoms with Crippen LogP contribution in [0, 0.1) is 0 Å². The summed E-state index contributed by atoms with van der Waals surface area (Å²) in [6, 6.07) is 2.42. The van der Waals surface area contributed by atoms with Crippen molar-refractivity contribution in [3.8, 4) is 0 Å². The van der Waals surface area contributed by atoms with Crippen molar-refractivity contribution in [1.29, 1.82) is 0 Å². The van der Waals surface area contributed by atoms with Crippen molar-refractivity contribution in [2.75, 3.05) is 19.3 Å². The maximum absolute atomic E-state index is 6.19. The number of fused-ring (bicyclic) bond motifs is 2. The molecule has 1 aromatic carbocycles. The van der Waals surface area contributed by atoms with E-state index in [1.54, 1.807) is 0 Å². The second-order valence-electron chi connectivity index (χ2n) is 7.40. The fourth-order valence-electron chi connectivity index (χ4n) is 4.03. The molecule has 0 aromatic heterocycles. The Morgan fingerprint density at radius 1 is 1.13 bits per heavy atom. The molecular formula is C21H30N2. The Labute approximate surface area is 141 Å². The number of aryl methyl sites for hydroxylation is 2. The molecule has 23 heavy (non-hydrogen) atoms. The number of benzene rings is 1. The van der Waals surface area contributed by atoms with Crippen LogP contribution in [0.4, 0.5) is 5.69 Å². The molecule has 0 saturated carbocycles. The molecule has 1 unspecified atom stereocenters. The third-order valence-electron chi connectivity index (χ3n) is 5.94. The van der Waals surface area contributed by atoms with Crippen molar-refractivity contribution in [2.45, 2.75) is 57.4 Å². The van der Waals surface area contributed by atoms with Crippen molar-refractivity contribution in [2.24, 2.45) is 0 Å². The Bertz CT molecular complexity index is 597. The highest BCUT2D eigenvalue weighted by molar-refractivity contribution is 5.63. The molecule has 0 spiro atoms. The van der Waals surface area contributed by atoms with Crippen LogP contribution in [-0.4, -0.2) is 24.0 Å². The van der Waals surface area contributed by atoms with Gasteiger partial charge in [-0.2, -0.15) is 0 Å². The highest BCUT2D eigenvalue weighted by Crippen LogP contribution is 2.36. The van der Waals surface area contributed by atoms with Gasteiger partial charge in [0, 0.05) is 17.8 Å². The molecule has 1 saturated heterocycles. The van der Waals surface area contributed by atoms with Crippen molar-refractivity contribution in [1.82, 2.24) is 4.90 Å². The first-order chi connectivity index (χ1) is 11.0. The predicted molar refractivity (Wildman–Crippen MR) is 99.9 cm³/mol. The van der Waals surface area contributed by atoms with Crippen molar-refractivity contribution < 1.29 is 0 Å². The fourth-order valence-corrected chi connectivity index (χ4v) is 4.03. The minimum atomic E-state index is 0.314. The summed E-state index contributed by atoms with van der Waals surface area (Å²) < 4.78 is 0. The number of nitrogens with two attached hydrogens (primary N) is 1. The highest BCUT2D eigenvalue weighted by Gasteiger charge is 2.34. The van der Waals surface area contributed by atoms with Crippen LogP contribution in [0.5, 0.6) is 0 Å². The molecule has 2 aliphatic carbocycles. The maximum Gasteiger partial charge on any atom is 0.0384 e. The number of rotatable bonds is 2. The van der Waals surface area contributed by atoms with Gasteiger partial charge < -0.3 is 5.73 Å². The van der Waals surface area contributed by atoms with E-state index in [-0.39, 0.29) is 0 Å². The largest absolute Gasteiger partial charge is 0.398 e. The Morgan fingerprint density at radius 3 is 2.17 bits per heavy atom. The quantitative estimate of drug-likeness (QED) is 0.659. The van der Waals surface area contributed by atoms with Crippen LogP contribution in [0.1, 0.15) is 48.4 Å². The topological polar surface area (TPSA) is 29.3 Å². The maximum atomic E-state index is 6.19. The van der Waals surface area contributed by atoms with Crippen LogP contribution in [0.2, 0.25) is 0 Å². The zero-order valence-electron chi connectivity index (χ0n) is 14.7. The molecule has 1 fully saturated rings. The molecule has 0 amide bonds. The minimum absolute atomic E-state index is 0.314. The van der Waals surface area contributed by atoms with E-state index in [0.29, 0.717) is 5.54 Å². The Balaban J connectivity index is 0.000000142. The van der Waals surface area contributed by atoms with Gasteiger partial charge in [0.05, 0.1) is 0 Å². The number of likely N-dealkylation sites (N-methyl/N-ethyl adjacent to an activating group) is 1. The standard InChI is InChI=1S/C12H15N.C9H15N/c13-12-10-5-1-3-8(10)7-9-4-2-6-11(9)12;1-4-5-6-9(2)7-8-10(9)3/h7H,1-6,13H2;4-6H,1,7-8H2,2-3H3/b;6-5+. The van der Waals surface area contributed by atoms with Crippen LogP contribution in [0.25, 0.3) is 0 Å². The van der Waals surface area contributed by atoms with Crippen molar-refractivity contribution in [3.63, 3.8) is 0 Å². The molecule has 1 aliphatic heterocycles. The Kier molecular flexibility index (Phi) is 4.63. The normalized spacial score (nSPS) is 25.5. The van der Waals surface area contributed by atoms with Crippen molar-refractivity contribution >= 4 is 5.69 Å². The first kappa shape index (κ1) is 16.3. The minimum Gasteiger partial charge on any atom is -0.398 e. The lowest BCUT2D eigenvalue weighted by molar-refractivity contribution is 0.0717. The van der Waals surface area contributed by atoms with Gasteiger partial charge in [0.1, 0.15) is 0 Å². The molecule has 2 nitrogen and oxygen atoms in total. The summed E-state index contributed by atoms with van der Waals surface area (Å²) in [5.74, 6) is 0. The smallest absolute Gasteiger partial charge is 0.0384 e. The van der Waals surface area contributed by atoms with E-state index in [2.05, 4.69) is 37.6 Å². The van der Waals surface area contributed by atoms with E-state index in [9.17, 15) is 0 Å². The molecule has 0 radical (unpaired) electrons. The summed E-state index contributed by atoms with van der Waals surface area (Å²) in [4.78, 5) is 2.34. The van der Waals surface area contributed by atoms with Gasteiger partial charge in [-0.1, -0.05) is 30.9 Å². The van der Waals surface area contributed by atoms with E-state index in [1.807, 2.05) is 12.2 Å². The fraction of sp³-hybridized carbons (Fsp3) is 0.524. The number of hydrogen-bond donors (Lipinski definition) is 1. The zero-order chi connectivity index (χ0) is 16.4. The second-order valence-corrected chi connectivity index (χ2v) is 7.40. The van der Waals surface area contributed by atoms with E-state index in [1.165, 1.54) is 73.7 Å². The lowest BCUT2D eigenvalue weighted by Gasteiger charge is -2.46. The third kappa shape index (κ3) is 3.10. The van der Waals surface area contributed by atoms with E-state index in [4.69, 9.17) is 5.73 Å². The van der Waals surface area contributed by atoms with Crippen LogP contribution in [-0.2, 0) is 25.7 Å². The molecule has 3 aliphatic rings. The molecule has 124 valence electrons. The van der Waals surface area contributed by atoms with Gasteiger partial charge in [0.15, 0.2) is 0 Å². The first-order valence-electron chi connectivity index (χ1n) is 8.98. The summed E-state index contributed by atoms with van der Waals surface area (Å²) in [5, 5.41) is 0. The monoisotopic (exact) mass is 310 g/mol. The van der Waals surface area contributed by atoms with Crippen LogP contribution < -0.4 is 5.73 Å². The van der Waals surface area contributed by atoms with Gasteiger partial charge in [-0.3, -0.25) is 4.90 Å². The molecule has 2 heteroatoms. The van der Waals surface area contributed by atoms with Crippen molar-refractivity contribution in [3.05, 3.63) is 53.1 Å². The number of hydrogen-bond acceptors (Lipinski definition) is 2. The summed E-state index contributed by atoms with van der Waals surface area (Å²) in [5.41, 5.74) is 13.7. The molecular weight excluding hydrogens is 280 g/mol. The summed E-state index contributed by atoms with van der Waals surface area (Å²) in [6.45, 7) is 7.11. The number of allylic oxidation sites excluding steroid dienone is 2. The molecule has 0 bridgehead atoms. The second kappa shape index (κ2) is 6.52. The Morgan fingerprint density at radius 2 is 1.74 bits per heavy atom. The zero-order valence-corrected chi connectivity index (χ0v) is 14.7. The van der Waals surface area contributed by atoms with Gasteiger partial charge in [-0.15, -0.1) is 0 Å². The summed E-state index contributed by atoms with van der Waals surface area (Å²) >= 11 is 0. The summed E-state index contributed by atoms with van der Waals surface area (Å²) in [7, 11) is 2.15. The van der Waals surface area contributed by atoms with Crippen LogP contribution in [0.15, 0.2) is 30.9 Å². The van der Waals surface area contributed by atoms with E-state index < -0.39 is 0 Å². The lowest BCUT2D eigenvalue weighted by Crippen LogP contribution is -2.53. The third-order valence-corrected chi connectivity index (χ3v) is 5.94. The number of nitrogens with zero attached hydrogens (tertiary/aromatic N) is 1. The van der Waals surface area contributed by atoms with Gasteiger partial charge in [0.2, 0.25) is 0 Å². The first-order valence-corrected chi connectivity index (χ1v) is 8.98. The van der Waals surface area contributed by atoms with Gasteiger partial charge in [0.25, 0.3) is 0 Å². The Hall–Kier alpha value is -1.54.